The van der Waals surface area contributed by atoms with Gasteiger partial charge in [0.2, 0.25) is 10.0 Å². The predicted molar refractivity (Wildman–Crippen MR) is 91.8 cm³/mol. The lowest BCUT2D eigenvalue weighted by atomic mass is 10.1. The molecule has 3 rings (SSSR count). The van der Waals surface area contributed by atoms with Crippen molar-refractivity contribution in [2.75, 3.05) is 13.6 Å². The Hall–Kier alpha value is -1.83. The summed E-state index contributed by atoms with van der Waals surface area (Å²) in [5.74, 6) is 0.708. The molecule has 128 valence electrons. The Labute approximate surface area is 143 Å². The fourth-order valence-electron chi connectivity index (χ4n) is 3.05. The lowest BCUT2D eigenvalue weighted by Gasteiger charge is -2.21. The summed E-state index contributed by atoms with van der Waals surface area (Å²) in [4.78, 5) is 11.4. The Morgan fingerprint density at radius 3 is 2.71 bits per heavy atom. The minimum atomic E-state index is -3.54. The van der Waals surface area contributed by atoms with Crippen molar-refractivity contribution < 1.29 is 8.42 Å². The minimum Gasteiger partial charge on any atom is -0.298 e. The highest BCUT2D eigenvalue weighted by molar-refractivity contribution is 7.89. The van der Waals surface area contributed by atoms with Gasteiger partial charge in [0, 0.05) is 18.3 Å². The zero-order valence-electron chi connectivity index (χ0n) is 13.9. The lowest BCUT2D eigenvalue weighted by Crippen LogP contribution is -2.26. The number of rotatable bonds is 5. The van der Waals surface area contributed by atoms with E-state index >= 15 is 0 Å². The van der Waals surface area contributed by atoms with Crippen LogP contribution >= 0.6 is 0 Å². The molecule has 1 aliphatic heterocycles. The van der Waals surface area contributed by atoms with Gasteiger partial charge in [0.1, 0.15) is 5.82 Å². The summed E-state index contributed by atoms with van der Waals surface area (Å²) >= 11 is 0. The van der Waals surface area contributed by atoms with E-state index in [0.29, 0.717) is 5.82 Å². The van der Waals surface area contributed by atoms with Crippen LogP contribution in [-0.2, 0) is 16.6 Å². The van der Waals surface area contributed by atoms with Crippen molar-refractivity contribution in [3.05, 3.63) is 53.6 Å². The molecule has 2 heterocycles. The molecule has 0 radical (unpaired) electrons. The number of aromatic nitrogens is 2. The summed E-state index contributed by atoms with van der Waals surface area (Å²) in [7, 11) is -1.47. The highest BCUT2D eigenvalue weighted by Crippen LogP contribution is 2.31. The highest BCUT2D eigenvalue weighted by Gasteiger charge is 2.27. The maximum absolute atomic E-state index is 12.4. The van der Waals surface area contributed by atoms with Gasteiger partial charge in [-0.25, -0.2) is 23.1 Å². The van der Waals surface area contributed by atoms with Gasteiger partial charge in [-0.2, -0.15) is 0 Å². The van der Waals surface area contributed by atoms with Crippen molar-refractivity contribution in [3.8, 4) is 0 Å². The van der Waals surface area contributed by atoms with Gasteiger partial charge in [-0.15, -0.1) is 0 Å². The van der Waals surface area contributed by atoms with Gasteiger partial charge in [0.25, 0.3) is 0 Å². The summed E-state index contributed by atoms with van der Waals surface area (Å²) in [6.45, 7) is 3.08. The second-order valence-electron chi connectivity index (χ2n) is 6.10. The fraction of sp³-hybridized carbons (Fsp3) is 0.412. The summed E-state index contributed by atoms with van der Waals surface area (Å²) < 4.78 is 27.5. The van der Waals surface area contributed by atoms with Crippen LogP contribution in [0.4, 0.5) is 0 Å². The molecule has 2 aromatic rings. The van der Waals surface area contributed by atoms with Crippen LogP contribution in [0.3, 0.4) is 0 Å². The van der Waals surface area contributed by atoms with Crippen LogP contribution in [0.15, 0.2) is 41.4 Å². The molecular formula is C17H22N4O2S. The second kappa shape index (κ2) is 6.96. The number of likely N-dealkylation sites (tertiary alicyclic amines) is 1. The number of hydrogen-bond donors (Lipinski definition) is 1. The van der Waals surface area contributed by atoms with Gasteiger partial charge < -0.3 is 0 Å². The summed E-state index contributed by atoms with van der Waals surface area (Å²) in [5, 5.41) is 0. The van der Waals surface area contributed by atoms with Crippen LogP contribution in [0.25, 0.3) is 0 Å². The largest absolute Gasteiger partial charge is 0.298 e. The standard InChI is InChI=1S/C17H22N4O2S/c1-13-18-11-14(17(20-13)16-9-6-10-21(16)2)12-19-24(22,23)15-7-4-3-5-8-15/h3-5,7-8,11,16,19H,6,9-10,12H2,1-2H3/t16-/m0/s1. The molecule has 1 aromatic carbocycles. The van der Waals surface area contributed by atoms with E-state index in [1.165, 1.54) is 0 Å². The summed E-state index contributed by atoms with van der Waals surface area (Å²) in [6, 6.07) is 8.60. The van der Waals surface area contributed by atoms with Crippen LogP contribution in [0.2, 0.25) is 0 Å². The first-order valence-corrected chi connectivity index (χ1v) is 9.53. The van der Waals surface area contributed by atoms with Crippen LogP contribution in [-0.4, -0.2) is 36.9 Å². The Kier molecular flexibility index (Phi) is 4.93. The van der Waals surface area contributed by atoms with E-state index in [4.69, 9.17) is 0 Å². The number of nitrogens with zero attached hydrogens (tertiary/aromatic N) is 3. The number of benzene rings is 1. The van der Waals surface area contributed by atoms with E-state index in [0.717, 1.165) is 30.6 Å². The molecular weight excluding hydrogens is 324 g/mol. The van der Waals surface area contributed by atoms with Crippen LogP contribution in [0.1, 0.15) is 36.0 Å². The molecule has 1 N–H and O–H groups in total. The molecule has 0 amide bonds. The first-order chi connectivity index (χ1) is 11.5. The third-order valence-electron chi connectivity index (χ3n) is 4.36. The number of hydrogen-bond acceptors (Lipinski definition) is 5. The predicted octanol–water partition coefficient (Wildman–Crippen LogP) is 2.03. The van der Waals surface area contributed by atoms with E-state index in [2.05, 4.69) is 26.6 Å². The van der Waals surface area contributed by atoms with Gasteiger partial charge >= 0.3 is 0 Å². The Morgan fingerprint density at radius 2 is 2.04 bits per heavy atom. The zero-order valence-corrected chi connectivity index (χ0v) is 14.8. The quantitative estimate of drug-likeness (QED) is 0.896. The van der Waals surface area contributed by atoms with Gasteiger partial charge in [0.15, 0.2) is 0 Å². The van der Waals surface area contributed by atoms with Crippen molar-refractivity contribution in [3.63, 3.8) is 0 Å². The number of sulfonamides is 1. The van der Waals surface area contributed by atoms with Crippen molar-refractivity contribution in [1.82, 2.24) is 19.6 Å². The molecule has 0 unspecified atom stereocenters. The Balaban J connectivity index is 1.83. The smallest absolute Gasteiger partial charge is 0.240 e. The minimum absolute atomic E-state index is 0.192. The van der Waals surface area contributed by atoms with Crippen molar-refractivity contribution >= 4 is 10.0 Å². The van der Waals surface area contributed by atoms with Gasteiger partial charge in [-0.1, -0.05) is 18.2 Å². The fourth-order valence-corrected chi connectivity index (χ4v) is 4.08. The normalized spacial score (nSPS) is 18.8. The monoisotopic (exact) mass is 346 g/mol. The average molecular weight is 346 g/mol. The highest BCUT2D eigenvalue weighted by atomic mass is 32.2. The second-order valence-corrected chi connectivity index (χ2v) is 7.87. The van der Waals surface area contributed by atoms with Crippen molar-refractivity contribution in [2.24, 2.45) is 0 Å². The average Bonchev–Trinajstić information content (AvgIpc) is 3.00. The van der Waals surface area contributed by atoms with E-state index in [9.17, 15) is 8.42 Å². The van der Waals surface area contributed by atoms with Crippen LogP contribution in [0, 0.1) is 6.92 Å². The third-order valence-corrected chi connectivity index (χ3v) is 5.78. The van der Waals surface area contributed by atoms with Gasteiger partial charge in [-0.05, 0) is 45.5 Å². The SMILES string of the molecule is Cc1ncc(CNS(=O)(=O)c2ccccc2)c([C@@H]2CCCN2C)n1. The molecule has 0 spiro atoms. The Bertz CT molecular complexity index is 809. The molecule has 0 saturated carbocycles. The van der Waals surface area contributed by atoms with E-state index in [1.54, 1.807) is 36.5 Å². The van der Waals surface area contributed by atoms with E-state index in [-0.39, 0.29) is 17.5 Å². The maximum atomic E-state index is 12.4. The summed E-state index contributed by atoms with van der Waals surface area (Å²) in [5.41, 5.74) is 1.76. The summed E-state index contributed by atoms with van der Waals surface area (Å²) in [6.07, 6.45) is 3.89. The molecule has 0 aliphatic carbocycles. The molecule has 1 saturated heterocycles. The van der Waals surface area contributed by atoms with Gasteiger partial charge in [0.05, 0.1) is 16.6 Å². The molecule has 1 fully saturated rings. The van der Waals surface area contributed by atoms with E-state index in [1.807, 2.05) is 6.92 Å². The van der Waals surface area contributed by atoms with Gasteiger partial charge in [-0.3, -0.25) is 4.90 Å². The molecule has 0 bridgehead atoms. The molecule has 1 aliphatic rings. The van der Waals surface area contributed by atoms with Crippen LogP contribution in [0.5, 0.6) is 0 Å². The topological polar surface area (TPSA) is 75.2 Å². The molecule has 24 heavy (non-hydrogen) atoms. The third kappa shape index (κ3) is 3.63. The Morgan fingerprint density at radius 1 is 1.29 bits per heavy atom. The van der Waals surface area contributed by atoms with Crippen LogP contribution < -0.4 is 4.72 Å². The zero-order chi connectivity index (χ0) is 17.2. The number of nitrogens with one attached hydrogen (secondary N) is 1. The maximum Gasteiger partial charge on any atom is 0.240 e. The molecule has 7 heteroatoms. The first-order valence-electron chi connectivity index (χ1n) is 8.05. The van der Waals surface area contributed by atoms with E-state index < -0.39 is 10.0 Å². The molecule has 6 nitrogen and oxygen atoms in total. The van der Waals surface area contributed by atoms with Crippen molar-refractivity contribution in [1.29, 1.82) is 0 Å². The molecule has 1 aromatic heterocycles. The lowest BCUT2D eigenvalue weighted by molar-refractivity contribution is 0.309. The first kappa shape index (κ1) is 17.0. The molecule has 1 atom stereocenters. The number of aryl methyl sites for hydroxylation is 1. The van der Waals surface area contributed by atoms with Crippen molar-refractivity contribution in [2.45, 2.75) is 37.2 Å².